The number of benzene rings is 1. The lowest BCUT2D eigenvalue weighted by Crippen LogP contribution is -2.34. The number of rotatable bonds is 3. The van der Waals surface area contributed by atoms with Crippen molar-refractivity contribution < 1.29 is 23.1 Å². The zero-order chi connectivity index (χ0) is 12.2. The first kappa shape index (κ1) is 12.5. The van der Waals surface area contributed by atoms with Crippen molar-refractivity contribution in [3.63, 3.8) is 0 Å². The number of carbonyl (C=O) groups excluding carboxylic acids is 1. The summed E-state index contributed by atoms with van der Waals surface area (Å²) in [5.41, 5.74) is 0.344. The van der Waals surface area contributed by atoms with Crippen LogP contribution in [0.2, 0.25) is 0 Å². The Morgan fingerprint density at radius 1 is 1.31 bits per heavy atom. The van der Waals surface area contributed by atoms with Crippen LogP contribution in [0, 0.1) is 0 Å². The van der Waals surface area contributed by atoms with Gasteiger partial charge < -0.3 is 10.4 Å². The molecule has 0 aromatic heterocycles. The Kier molecular flexibility index (Phi) is 3.89. The lowest BCUT2D eigenvalue weighted by molar-refractivity contribution is -0.123. The molecule has 0 saturated heterocycles. The van der Waals surface area contributed by atoms with Crippen LogP contribution in [0.25, 0.3) is 0 Å². The lowest BCUT2D eigenvalue weighted by Gasteiger charge is -2.10. The van der Waals surface area contributed by atoms with Crippen LogP contribution in [-0.2, 0) is 6.61 Å². The predicted molar refractivity (Wildman–Crippen MR) is 50.8 cm³/mol. The molecule has 0 radical (unpaired) electrons. The molecule has 16 heavy (non-hydrogen) atoms. The van der Waals surface area contributed by atoms with Gasteiger partial charge in [0.05, 0.1) is 6.61 Å². The van der Waals surface area contributed by atoms with Crippen molar-refractivity contribution in [2.24, 2.45) is 0 Å². The van der Waals surface area contributed by atoms with Crippen molar-refractivity contribution >= 4 is 5.91 Å². The second kappa shape index (κ2) is 4.98. The highest BCUT2D eigenvalue weighted by atomic mass is 19.4. The summed E-state index contributed by atoms with van der Waals surface area (Å²) < 4.78 is 35.6. The van der Waals surface area contributed by atoms with E-state index in [1.165, 1.54) is 18.2 Å². The zero-order valence-electron chi connectivity index (χ0n) is 8.21. The van der Waals surface area contributed by atoms with Gasteiger partial charge in [-0.05, 0) is 11.6 Å². The molecule has 0 bridgehead atoms. The van der Waals surface area contributed by atoms with Crippen molar-refractivity contribution in [3.8, 4) is 0 Å². The van der Waals surface area contributed by atoms with Gasteiger partial charge in [0, 0.05) is 5.56 Å². The second-order valence-electron chi connectivity index (χ2n) is 3.11. The number of aliphatic hydroxyl groups is 1. The van der Waals surface area contributed by atoms with Gasteiger partial charge in [-0.25, -0.2) is 0 Å². The molecule has 0 saturated carbocycles. The van der Waals surface area contributed by atoms with Crippen molar-refractivity contribution in [2.75, 3.05) is 6.54 Å². The summed E-state index contributed by atoms with van der Waals surface area (Å²) >= 11 is 0. The molecule has 1 aromatic carbocycles. The molecule has 1 aromatic rings. The van der Waals surface area contributed by atoms with E-state index in [0.717, 1.165) is 0 Å². The van der Waals surface area contributed by atoms with E-state index in [4.69, 9.17) is 5.11 Å². The minimum absolute atomic E-state index is 0.0502. The van der Waals surface area contributed by atoms with Crippen LogP contribution in [0.5, 0.6) is 0 Å². The van der Waals surface area contributed by atoms with E-state index in [-0.39, 0.29) is 5.56 Å². The van der Waals surface area contributed by atoms with Gasteiger partial charge in [0.25, 0.3) is 5.91 Å². The van der Waals surface area contributed by atoms with Gasteiger partial charge in [-0.2, -0.15) is 13.2 Å². The third-order valence-electron chi connectivity index (χ3n) is 1.88. The number of hydrogen-bond donors (Lipinski definition) is 2. The molecular weight excluding hydrogens is 223 g/mol. The fraction of sp³-hybridized carbons (Fsp3) is 0.300. The van der Waals surface area contributed by atoms with Gasteiger partial charge in [0.1, 0.15) is 6.54 Å². The van der Waals surface area contributed by atoms with Crippen molar-refractivity contribution in [2.45, 2.75) is 12.8 Å². The monoisotopic (exact) mass is 233 g/mol. The molecule has 0 fully saturated rings. The van der Waals surface area contributed by atoms with E-state index in [1.54, 1.807) is 11.4 Å². The van der Waals surface area contributed by atoms with Gasteiger partial charge >= 0.3 is 6.18 Å². The van der Waals surface area contributed by atoms with E-state index in [0.29, 0.717) is 5.56 Å². The Balaban J connectivity index is 2.73. The first-order valence-electron chi connectivity index (χ1n) is 4.48. The molecule has 1 amide bonds. The highest BCUT2D eigenvalue weighted by Gasteiger charge is 2.28. The summed E-state index contributed by atoms with van der Waals surface area (Å²) in [4.78, 5) is 11.3. The molecule has 2 N–H and O–H groups in total. The molecule has 0 aliphatic heterocycles. The molecule has 0 spiro atoms. The van der Waals surface area contributed by atoms with Crippen molar-refractivity contribution in [1.29, 1.82) is 0 Å². The van der Waals surface area contributed by atoms with Gasteiger partial charge in [0.15, 0.2) is 0 Å². The molecule has 3 nitrogen and oxygen atoms in total. The minimum atomic E-state index is -4.44. The van der Waals surface area contributed by atoms with Gasteiger partial charge in [-0.3, -0.25) is 4.79 Å². The first-order valence-corrected chi connectivity index (χ1v) is 4.48. The van der Waals surface area contributed by atoms with Gasteiger partial charge in [-0.1, -0.05) is 18.2 Å². The number of alkyl halides is 3. The Bertz CT molecular complexity index is 377. The average molecular weight is 233 g/mol. The molecule has 0 unspecified atom stereocenters. The van der Waals surface area contributed by atoms with E-state index < -0.39 is 25.2 Å². The summed E-state index contributed by atoms with van der Waals surface area (Å²) in [6, 6.07) is 5.94. The normalized spacial score (nSPS) is 11.2. The average Bonchev–Trinajstić information content (AvgIpc) is 2.25. The smallest absolute Gasteiger partial charge is 0.392 e. The Hall–Kier alpha value is -1.56. The fourth-order valence-corrected chi connectivity index (χ4v) is 1.16. The van der Waals surface area contributed by atoms with Crippen LogP contribution in [0.1, 0.15) is 15.9 Å². The fourth-order valence-electron chi connectivity index (χ4n) is 1.16. The maximum Gasteiger partial charge on any atom is 0.405 e. The van der Waals surface area contributed by atoms with Crippen LogP contribution < -0.4 is 5.32 Å². The van der Waals surface area contributed by atoms with Crippen LogP contribution in [-0.4, -0.2) is 23.7 Å². The third kappa shape index (κ3) is 3.54. The summed E-state index contributed by atoms with van der Waals surface area (Å²) in [5.74, 6) is -0.845. The van der Waals surface area contributed by atoms with E-state index >= 15 is 0 Å². The van der Waals surface area contributed by atoms with Crippen LogP contribution in [0.15, 0.2) is 24.3 Å². The summed E-state index contributed by atoms with van der Waals surface area (Å²) in [6.45, 7) is -1.78. The quantitative estimate of drug-likeness (QED) is 0.830. The molecule has 6 heteroatoms. The Morgan fingerprint density at radius 2 is 1.94 bits per heavy atom. The number of amides is 1. The summed E-state index contributed by atoms with van der Waals surface area (Å²) in [5, 5.41) is 10.6. The molecule has 0 aliphatic rings. The number of halogens is 3. The van der Waals surface area contributed by atoms with E-state index in [2.05, 4.69) is 0 Å². The van der Waals surface area contributed by atoms with Gasteiger partial charge in [-0.15, -0.1) is 0 Å². The largest absolute Gasteiger partial charge is 0.405 e. The number of aliphatic hydroxyl groups excluding tert-OH is 1. The van der Waals surface area contributed by atoms with Crippen LogP contribution in [0.3, 0.4) is 0 Å². The number of carbonyl (C=O) groups is 1. The van der Waals surface area contributed by atoms with Crippen molar-refractivity contribution in [3.05, 3.63) is 35.4 Å². The molecule has 0 atom stereocenters. The molecule has 0 aliphatic carbocycles. The van der Waals surface area contributed by atoms with E-state index in [9.17, 15) is 18.0 Å². The number of hydrogen-bond acceptors (Lipinski definition) is 2. The highest BCUT2D eigenvalue weighted by molar-refractivity contribution is 5.95. The predicted octanol–water partition coefficient (Wildman–Crippen LogP) is 1.47. The molecular formula is C10H10F3NO2. The zero-order valence-corrected chi connectivity index (χ0v) is 8.21. The van der Waals surface area contributed by atoms with Crippen LogP contribution in [0.4, 0.5) is 13.2 Å². The summed E-state index contributed by atoms with van der Waals surface area (Å²) in [6.07, 6.45) is -4.44. The van der Waals surface area contributed by atoms with Gasteiger partial charge in [0.2, 0.25) is 0 Å². The van der Waals surface area contributed by atoms with Crippen LogP contribution >= 0.6 is 0 Å². The summed E-state index contributed by atoms with van der Waals surface area (Å²) in [7, 11) is 0. The van der Waals surface area contributed by atoms with E-state index in [1.807, 2.05) is 0 Å². The lowest BCUT2D eigenvalue weighted by atomic mass is 10.1. The topological polar surface area (TPSA) is 49.3 Å². The SMILES string of the molecule is O=C(NCC(F)(F)F)c1ccccc1CO. The number of nitrogens with one attached hydrogen (secondary N) is 1. The maximum atomic E-state index is 11.9. The first-order chi connectivity index (χ1) is 7.44. The minimum Gasteiger partial charge on any atom is -0.392 e. The molecule has 0 heterocycles. The highest BCUT2D eigenvalue weighted by Crippen LogP contribution is 2.13. The standard InChI is InChI=1S/C10H10F3NO2/c11-10(12,13)6-14-9(16)8-4-2-1-3-7(8)5-15/h1-4,15H,5-6H2,(H,14,16). The maximum absolute atomic E-state index is 11.9. The Labute approximate surface area is 89.9 Å². The molecule has 88 valence electrons. The Morgan fingerprint density at radius 3 is 2.50 bits per heavy atom. The second-order valence-corrected chi connectivity index (χ2v) is 3.11. The van der Waals surface area contributed by atoms with Crippen molar-refractivity contribution in [1.82, 2.24) is 5.32 Å². The third-order valence-corrected chi connectivity index (χ3v) is 1.88. The molecule has 1 rings (SSSR count).